The quantitative estimate of drug-likeness (QED) is 0.0689. The van der Waals surface area contributed by atoms with E-state index in [9.17, 15) is 9.59 Å². The highest BCUT2D eigenvalue weighted by Crippen LogP contribution is 2.34. The fraction of sp³-hybridized carbons (Fsp3) is 0.100. The topological polar surface area (TPSA) is 77.0 Å². The first-order valence-electron chi connectivity index (χ1n) is 11.9. The van der Waals surface area contributed by atoms with Crippen LogP contribution in [0.15, 0.2) is 105 Å². The van der Waals surface area contributed by atoms with Gasteiger partial charge in [0.1, 0.15) is 11.5 Å². The van der Waals surface area contributed by atoms with Crippen molar-refractivity contribution in [1.82, 2.24) is 5.43 Å². The Hall–Kier alpha value is -3.75. The second-order valence-corrected chi connectivity index (χ2v) is 9.90. The van der Waals surface area contributed by atoms with Gasteiger partial charge >= 0.3 is 5.97 Å². The SMILES string of the molecule is CCC(Oc1ccc2ccccc2c1Br)C(=O)N/N=C/c1cc(Br)ccc1OC(=O)/C=C/c1ccccc1. The summed E-state index contributed by atoms with van der Waals surface area (Å²) in [7, 11) is 0. The summed E-state index contributed by atoms with van der Waals surface area (Å²) in [6, 6.07) is 26.3. The van der Waals surface area contributed by atoms with Crippen LogP contribution >= 0.6 is 31.9 Å². The van der Waals surface area contributed by atoms with Crippen molar-refractivity contribution in [2.24, 2.45) is 5.10 Å². The van der Waals surface area contributed by atoms with Gasteiger partial charge in [-0.1, -0.05) is 83.5 Å². The third-order valence-corrected chi connectivity index (χ3v) is 6.84. The number of carbonyl (C=O) groups is 2. The van der Waals surface area contributed by atoms with E-state index in [0.717, 1.165) is 25.3 Å². The fourth-order valence-electron chi connectivity index (χ4n) is 3.60. The molecule has 0 saturated carbocycles. The number of rotatable bonds is 9. The zero-order valence-corrected chi connectivity index (χ0v) is 23.6. The fourth-order valence-corrected chi connectivity index (χ4v) is 4.57. The van der Waals surface area contributed by atoms with Gasteiger partial charge in [-0.3, -0.25) is 4.79 Å². The van der Waals surface area contributed by atoms with E-state index >= 15 is 0 Å². The zero-order valence-electron chi connectivity index (χ0n) is 20.4. The van der Waals surface area contributed by atoms with Crippen molar-refractivity contribution in [3.8, 4) is 11.5 Å². The molecule has 1 amide bonds. The van der Waals surface area contributed by atoms with Gasteiger partial charge in [0.25, 0.3) is 5.91 Å². The Morgan fingerprint density at radius 2 is 1.68 bits per heavy atom. The molecule has 0 aliphatic heterocycles. The predicted octanol–water partition coefficient (Wildman–Crippen LogP) is 7.29. The molecule has 4 aromatic rings. The summed E-state index contributed by atoms with van der Waals surface area (Å²) in [5.41, 5.74) is 3.92. The van der Waals surface area contributed by atoms with E-state index < -0.39 is 18.0 Å². The molecule has 0 radical (unpaired) electrons. The molecule has 192 valence electrons. The Kier molecular flexibility index (Phi) is 9.46. The van der Waals surface area contributed by atoms with Gasteiger partial charge in [0.05, 0.1) is 10.7 Å². The number of nitrogens with zero attached hydrogens (tertiary/aromatic N) is 1. The first-order chi connectivity index (χ1) is 18.4. The third kappa shape index (κ3) is 7.18. The molecular formula is C30H24Br2N2O4. The number of nitrogens with one attached hydrogen (secondary N) is 1. The first-order valence-corrected chi connectivity index (χ1v) is 13.4. The average molecular weight is 636 g/mol. The van der Waals surface area contributed by atoms with Crippen molar-refractivity contribution in [2.45, 2.75) is 19.4 Å². The maximum absolute atomic E-state index is 12.8. The minimum absolute atomic E-state index is 0.303. The molecule has 0 bridgehead atoms. The van der Waals surface area contributed by atoms with Crippen molar-refractivity contribution in [2.75, 3.05) is 0 Å². The maximum atomic E-state index is 12.8. The number of ether oxygens (including phenoxy) is 2. The average Bonchev–Trinajstić information content (AvgIpc) is 2.93. The van der Waals surface area contributed by atoms with Crippen LogP contribution in [-0.4, -0.2) is 24.2 Å². The van der Waals surface area contributed by atoms with Crippen molar-refractivity contribution >= 4 is 66.8 Å². The summed E-state index contributed by atoms with van der Waals surface area (Å²) in [6.45, 7) is 1.86. The molecule has 8 heteroatoms. The second kappa shape index (κ2) is 13.2. The lowest BCUT2D eigenvalue weighted by atomic mass is 10.1. The molecule has 0 saturated heterocycles. The van der Waals surface area contributed by atoms with Crippen LogP contribution in [-0.2, 0) is 9.59 Å². The van der Waals surface area contributed by atoms with Gasteiger partial charge in [-0.2, -0.15) is 5.10 Å². The molecule has 4 aromatic carbocycles. The number of fused-ring (bicyclic) bond motifs is 1. The Morgan fingerprint density at radius 1 is 0.947 bits per heavy atom. The lowest BCUT2D eigenvalue weighted by Crippen LogP contribution is -2.35. The third-order valence-electron chi connectivity index (χ3n) is 5.53. The van der Waals surface area contributed by atoms with E-state index in [1.54, 1.807) is 24.3 Å². The molecule has 1 atom stereocenters. The van der Waals surface area contributed by atoms with Crippen molar-refractivity contribution in [1.29, 1.82) is 0 Å². The molecule has 0 heterocycles. The van der Waals surface area contributed by atoms with E-state index in [1.807, 2.05) is 73.7 Å². The summed E-state index contributed by atoms with van der Waals surface area (Å²) in [4.78, 5) is 25.2. The van der Waals surface area contributed by atoms with Gasteiger partial charge in [0, 0.05) is 16.1 Å². The maximum Gasteiger partial charge on any atom is 0.336 e. The van der Waals surface area contributed by atoms with E-state index in [0.29, 0.717) is 23.5 Å². The minimum Gasteiger partial charge on any atom is -0.479 e. The van der Waals surface area contributed by atoms with Crippen LogP contribution in [0.3, 0.4) is 0 Å². The molecule has 1 unspecified atom stereocenters. The Morgan fingerprint density at radius 3 is 2.47 bits per heavy atom. The highest BCUT2D eigenvalue weighted by Gasteiger charge is 2.20. The monoisotopic (exact) mass is 634 g/mol. The summed E-state index contributed by atoms with van der Waals surface area (Å²) in [5, 5.41) is 6.14. The van der Waals surface area contributed by atoms with Gasteiger partial charge in [-0.25, -0.2) is 10.2 Å². The molecular weight excluding hydrogens is 612 g/mol. The lowest BCUT2D eigenvalue weighted by Gasteiger charge is -2.17. The number of benzene rings is 4. The van der Waals surface area contributed by atoms with E-state index in [-0.39, 0.29) is 0 Å². The van der Waals surface area contributed by atoms with Crippen LogP contribution in [0.4, 0.5) is 0 Å². The van der Waals surface area contributed by atoms with E-state index in [2.05, 4.69) is 42.4 Å². The number of hydrogen-bond acceptors (Lipinski definition) is 5. The summed E-state index contributed by atoms with van der Waals surface area (Å²) < 4.78 is 13.1. The first kappa shape index (κ1) is 27.3. The molecule has 0 aliphatic carbocycles. The zero-order chi connectivity index (χ0) is 26.9. The molecule has 6 nitrogen and oxygen atoms in total. The molecule has 4 rings (SSSR count). The standard InChI is InChI=1S/C30H24Br2N2O4/c1-2-25(37-27-15-13-21-10-6-7-11-24(21)29(27)32)30(36)34-33-19-22-18-23(31)14-16-26(22)38-28(35)17-12-20-8-4-3-5-9-20/h3-19,25H,2H2,1H3,(H,34,36)/b17-12+,33-19+. The van der Waals surface area contributed by atoms with Crippen molar-refractivity contribution in [3.63, 3.8) is 0 Å². The van der Waals surface area contributed by atoms with Gasteiger partial charge in [-0.05, 0) is 69.0 Å². The van der Waals surface area contributed by atoms with E-state index in [4.69, 9.17) is 9.47 Å². The second-order valence-electron chi connectivity index (χ2n) is 8.20. The molecule has 1 N–H and O–H groups in total. The van der Waals surface area contributed by atoms with Crippen LogP contribution in [0, 0.1) is 0 Å². The number of carbonyl (C=O) groups excluding carboxylic acids is 2. The summed E-state index contributed by atoms with van der Waals surface area (Å²) in [5.74, 6) is -0.0601. The number of amides is 1. The van der Waals surface area contributed by atoms with Gasteiger partial charge in [-0.15, -0.1) is 0 Å². The summed E-state index contributed by atoms with van der Waals surface area (Å²) in [6.07, 6.45) is 4.13. The number of hydrazone groups is 1. The Bertz CT molecular complexity index is 1500. The molecule has 0 fully saturated rings. The minimum atomic E-state index is -0.757. The molecule has 38 heavy (non-hydrogen) atoms. The number of halogens is 2. The molecule has 0 aliphatic rings. The highest BCUT2D eigenvalue weighted by atomic mass is 79.9. The van der Waals surface area contributed by atoms with Crippen LogP contribution in [0.1, 0.15) is 24.5 Å². The van der Waals surface area contributed by atoms with Crippen molar-refractivity contribution in [3.05, 3.63) is 111 Å². The smallest absolute Gasteiger partial charge is 0.336 e. The molecule has 0 aromatic heterocycles. The lowest BCUT2D eigenvalue weighted by molar-refractivity contribution is -0.129. The Balaban J connectivity index is 1.42. The number of esters is 1. The number of hydrogen-bond donors (Lipinski definition) is 1. The summed E-state index contributed by atoms with van der Waals surface area (Å²) >= 11 is 7.01. The van der Waals surface area contributed by atoms with Gasteiger partial charge in [0.2, 0.25) is 0 Å². The van der Waals surface area contributed by atoms with Crippen LogP contribution in [0.2, 0.25) is 0 Å². The van der Waals surface area contributed by atoms with Crippen molar-refractivity contribution < 1.29 is 19.1 Å². The Labute approximate surface area is 237 Å². The highest BCUT2D eigenvalue weighted by molar-refractivity contribution is 9.11. The van der Waals surface area contributed by atoms with E-state index in [1.165, 1.54) is 12.3 Å². The molecule has 0 spiro atoms. The normalized spacial score (nSPS) is 12.1. The van der Waals surface area contributed by atoms with Crippen LogP contribution in [0.5, 0.6) is 11.5 Å². The van der Waals surface area contributed by atoms with Gasteiger partial charge in [0.15, 0.2) is 6.10 Å². The largest absolute Gasteiger partial charge is 0.479 e. The van der Waals surface area contributed by atoms with Crippen LogP contribution < -0.4 is 14.9 Å². The predicted molar refractivity (Wildman–Crippen MR) is 157 cm³/mol. The van der Waals surface area contributed by atoms with Gasteiger partial charge < -0.3 is 9.47 Å². The van der Waals surface area contributed by atoms with Crippen LogP contribution in [0.25, 0.3) is 16.8 Å².